The van der Waals surface area contributed by atoms with Crippen molar-refractivity contribution in [1.82, 2.24) is 46.3 Å². The van der Waals surface area contributed by atoms with E-state index in [2.05, 4.69) is 210 Å². The first-order valence-corrected chi connectivity index (χ1v) is 25.2. The van der Waals surface area contributed by atoms with Gasteiger partial charge in [-0.15, -0.1) is 0 Å². The molecule has 9 aromatic heterocycles. The molecule has 9 heterocycles. The Morgan fingerprint density at radius 2 is 0.932 bits per heavy atom. The van der Waals surface area contributed by atoms with E-state index in [4.69, 9.17) is 24.4 Å². The van der Waals surface area contributed by atoms with Crippen molar-refractivity contribution in [2.24, 2.45) is 0 Å². The van der Waals surface area contributed by atoms with Crippen molar-refractivity contribution in [3.8, 4) is 22.3 Å². The monoisotopic (exact) mass is 946 g/mol. The SMILES string of the molecule is CC1(C)c2ccccc2-c2cc3c4c(c21)n1c2cccc(-c5cccc6c5oc5cc7c8c(c56)n5c6cc9ccccc9cc6nc5n8c5nc6cc8ccccc8cc6n75)c2nc1n4c1nc2ccccc2n31. The van der Waals surface area contributed by atoms with Gasteiger partial charge in [0.2, 0.25) is 23.1 Å². The molecule has 0 spiro atoms. The third kappa shape index (κ3) is 3.94. The normalized spacial score (nSPS) is 14.2. The molecule has 0 unspecified atom stereocenters. The predicted octanol–water partition coefficient (Wildman–Crippen LogP) is 14.8. The molecule has 0 bridgehead atoms. The van der Waals surface area contributed by atoms with Gasteiger partial charge in [0.25, 0.3) is 0 Å². The lowest BCUT2D eigenvalue weighted by atomic mass is 9.81. The second kappa shape index (κ2) is 11.8. The van der Waals surface area contributed by atoms with Gasteiger partial charge in [0.1, 0.15) is 22.2 Å². The summed E-state index contributed by atoms with van der Waals surface area (Å²) in [5, 5.41) is 6.69. The average Bonchev–Trinajstić information content (AvgIpc) is 4.39. The molecule has 0 amide bonds. The number of imidazole rings is 8. The zero-order valence-corrected chi connectivity index (χ0v) is 39.5. The molecule has 11 heteroatoms. The number of hydrogen-bond acceptors (Lipinski definition) is 5. The summed E-state index contributed by atoms with van der Waals surface area (Å²) in [4.78, 5) is 21.9. The first-order valence-electron chi connectivity index (χ1n) is 25.2. The van der Waals surface area contributed by atoms with Crippen LogP contribution < -0.4 is 0 Å². The Morgan fingerprint density at radius 3 is 1.72 bits per heavy atom. The summed E-state index contributed by atoms with van der Waals surface area (Å²) in [6, 6.07) is 61.2. The highest BCUT2D eigenvalue weighted by Gasteiger charge is 2.41. The molecule has 11 nitrogen and oxygen atoms in total. The average molecular weight is 947 g/mol. The van der Waals surface area contributed by atoms with Crippen molar-refractivity contribution in [3.63, 3.8) is 0 Å². The number of furan rings is 1. The van der Waals surface area contributed by atoms with Crippen LogP contribution >= 0.6 is 0 Å². The zero-order valence-electron chi connectivity index (χ0n) is 39.5. The number of hydrogen-bond donors (Lipinski definition) is 0. The first kappa shape index (κ1) is 36.9. The van der Waals surface area contributed by atoms with E-state index in [0.29, 0.717) is 0 Å². The van der Waals surface area contributed by atoms with Crippen LogP contribution in [0.5, 0.6) is 0 Å². The van der Waals surface area contributed by atoms with E-state index in [-0.39, 0.29) is 5.41 Å². The molecule has 0 atom stereocenters. The lowest BCUT2D eigenvalue weighted by Gasteiger charge is -2.22. The molecule has 1 aliphatic carbocycles. The quantitative estimate of drug-likeness (QED) is 0.163. The molecule has 342 valence electrons. The summed E-state index contributed by atoms with van der Waals surface area (Å²) < 4.78 is 21.3. The molecule has 0 saturated carbocycles. The van der Waals surface area contributed by atoms with Gasteiger partial charge in [0.05, 0.1) is 71.6 Å². The number of para-hydroxylation sites is 4. The van der Waals surface area contributed by atoms with E-state index in [1.165, 1.54) is 33.2 Å². The fourth-order valence-corrected chi connectivity index (χ4v) is 14.1. The predicted molar refractivity (Wildman–Crippen MR) is 296 cm³/mol. The second-order valence-electron chi connectivity index (χ2n) is 21.1. The van der Waals surface area contributed by atoms with Gasteiger partial charge in [-0.1, -0.05) is 129 Å². The molecule has 20 rings (SSSR count). The van der Waals surface area contributed by atoms with E-state index < -0.39 is 0 Å². The fourth-order valence-electron chi connectivity index (χ4n) is 14.1. The molecule has 0 aliphatic heterocycles. The van der Waals surface area contributed by atoms with Crippen LogP contribution in [0.4, 0.5) is 0 Å². The molecule has 10 aromatic carbocycles. The van der Waals surface area contributed by atoms with Crippen molar-refractivity contribution >= 4 is 144 Å². The molecule has 19 aromatic rings. The van der Waals surface area contributed by atoms with Crippen LogP contribution in [0.1, 0.15) is 25.0 Å². The summed E-state index contributed by atoms with van der Waals surface area (Å²) in [5.41, 5.74) is 22.9. The summed E-state index contributed by atoms with van der Waals surface area (Å²) in [6.07, 6.45) is 0. The Labute approximate surface area is 415 Å². The van der Waals surface area contributed by atoms with Gasteiger partial charge in [-0.3, -0.25) is 17.6 Å². The van der Waals surface area contributed by atoms with Gasteiger partial charge in [-0.25, -0.2) is 28.7 Å². The van der Waals surface area contributed by atoms with Gasteiger partial charge in [0, 0.05) is 28.0 Å². The molecule has 0 fully saturated rings. The summed E-state index contributed by atoms with van der Waals surface area (Å²) in [6.45, 7) is 4.74. The molecular formula is C63H34N10O. The molecular weight excluding hydrogens is 913 g/mol. The Hall–Kier alpha value is -10.0. The topological polar surface area (TPSA) is 91.2 Å². The summed E-state index contributed by atoms with van der Waals surface area (Å²) in [7, 11) is 0. The molecule has 74 heavy (non-hydrogen) atoms. The minimum absolute atomic E-state index is 0.271. The first-order chi connectivity index (χ1) is 36.5. The maximum Gasteiger partial charge on any atom is 0.223 e. The van der Waals surface area contributed by atoms with E-state index in [9.17, 15) is 0 Å². The highest BCUT2D eigenvalue weighted by molar-refractivity contribution is 6.25. The Morgan fingerprint density at radius 1 is 0.378 bits per heavy atom. The maximum absolute atomic E-state index is 7.36. The van der Waals surface area contributed by atoms with Crippen LogP contribution in [0.25, 0.3) is 166 Å². The highest BCUT2D eigenvalue weighted by atomic mass is 16.3. The largest absolute Gasteiger partial charge is 0.455 e. The summed E-state index contributed by atoms with van der Waals surface area (Å²) in [5.74, 6) is 3.33. The van der Waals surface area contributed by atoms with Gasteiger partial charge in [-0.2, -0.15) is 0 Å². The summed E-state index contributed by atoms with van der Waals surface area (Å²) >= 11 is 0. The number of aromatic nitrogens is 10. The molecule has 0 radical (unpaired) electrons. The number of fused-ring (bicyclic) bond motifs is 30. The molecule has 0 saturated heterocycles. The third-order valence-corrected chi connectivity index (χ3v) is 17.2. The smallest absolute Gasteiger partial charge is 0.223 e. The van der Waals surface area contributed by atoms with Crippen molar-refractivity contribution < 1.29 is 4.42 Å². The van der Waals surface area contributed by atoms with Crippen LogP contribution in [-0.2, 0) is 5.41 Å². The minimum atomic E-state index is -0.271. The maximum atomic E-state index is 7.36. The van der Waals surface area contributed by atoms with Crippen LogP contribution in [0, 0.1) is 0 Å². The van der Waals surface area contributed by atoms with E-state index in [1.807, 2.05) is 0 Å². The number of benzene rings is 10. The molecule has 0 N–H and O–H groups in total. The lowest BCUT2D eigenvalue weighted by molar-refractivity contribution is 0.664. The van der Waals surface area contributed by atoms with Gasteiger partial charge >= 0.3 is 0 Å². The molecule has 1 aliphatic rings. The number of nitrogens with zero attached hydrogens (tertiary/aromatic N) is 10. The lowest BCUT2D eigenvalue weighted by Crippen LogP contribution is -2.16. The van der Waals surface area contributed by atoms with Gasteiger partial charge < -0.3 is 4.42 Å². The fraction of sp³-hybridized carbons (Fsp3) is 0.0476. The van der Waals surface area contributed by atoms with Crippen LogP contribution in [0.15, 0.2) is 174 Å². The third-order valence-electron chi connectivity index (χ3n) is 17.2. The Kier molecular flexibility index (Phi) is 5.90. The van der Waals surface area contributed by atoms with Crippen molar-refractivity contribution in [2.75, 3.05) is 0 Å². The van der Waals surface area contributed by atoms with Gasteiger partial charge in [0.15, 0.2) is 0 Å². The second-order valence-corrected chi connectivity index (χ2v) is 21.1. The Bertz CT molecular complexity index is 5850. The van der Waals surface area contributed by atoms with Crippen LogP contribution in [0.3, 0.4) is 0 Å². The van der Waals surface area contributed by atoms with E-state index in [0.717, 1.165) is 144 Å². The van der Waals surface area contributed by atoms with Crippen LogP contribution in [-0.4, -0.2) is 46.3 Å². The zero-order chi connectivity index (χ0) is 47.8. The Balaban J connectivity index is 0.924. The number of rotatable bonds is 1. The minimum Gasteiger partial charge on any atom is -0.455 e. The van der Waals surface area contributed by atoms with E-state index in [1.54, 1.807) is 0 Å². The highest BCUT2D eigenvalue weighted by Crippen LogP contribution is 2.54. The van der Waals surface area contributed by atoms with Crippen molar-refractivity contribution in [2.45, 2.75) is 19.3 Å². The van der Waals surface area contributed by atoms with Crippen molar-refractivity contribution in [1.29, 1.82) is 0 Å². The standard InChI is InChI=1S/C63H34N10O/c1-63(2)40-21-8-7-17-35(40)39-29-48-55-57(52(39)63)70-45-24-12-18-36(53(45)67-62(70)73(55)59-64-41-22-9-10-23-44(41)68(48)59)37-19-11-20-38-51-50(74-58(37)38)30-49-54-56(51)71-47-28-34-16-6-4-14-32(34)26-43(47)66-61(71)72(54)60-65-42-25-31-13-3-5-15-33(31)27-46(42)69(49)60/h3-30H,1-2H3. The van der Waals surface area contributed by atoms with Crippen LogP contribution in [0.2, 0.25) is 0 Å². The van der Waals surface area contributed by atoms with Crippen molar-refractivity contribution in [3.05, 3.63) is 181 Å². The van der Waals surface area contributed by atoms with Gasteiger partial charge in [-0.05, 0) is 92.3 Å². The van der Waals surface area contributed by atoms with E-state index >= 15 is 0 Å².